The minimum atomic E-state index is -0.852. The highest BCUT2D eigenvalue weighted by Crippen LogP contribution is 2.19. The van der Waals surface area contributed by atoms with Gasteiger partial charge in [0.25, 0.3) is 0 Å². The largest absolute Gasteiger partial charge is 0.388 e. The van der Waals surface area contributed by atoms with E-state index in [0.29, 0.717) is 11.1 Å². The third-order valence-corrected chi connectivity index (χ3v) is 3.02. The van der Waals surface area contributed by atoms with Gasteiger partial charge in [-0.05, 0) is 11.1 Å². The van der Waals surface area contributed by atoms with Gasteiger partial charge in [-0.1, -0.05) is 67.2 Å². The molecular weight excluding hydrogens is 236 g/mol. The van der Waals surface area contributed by atoms with Crippen LogP contribution in [0.3, 0.4) is 0 Å². The Bertz CT molecular complexity index is 558. The van der Waals surface area contributed by atoms with Gasteiger partial charge >= 0.3 is 0 Å². The second-order valence-electron chi connectivity index (χ2n) is 4.40. The molecule has 0 saturated carbocycles. The van der Waals surface area contributed by atoms with Crippen LogP contribution < -0.4 is 0 Å². The van der Waals surface area contributed by atoms with Crippen LogP contribution in [0.4, 0.5) is 0 Å². The molecule has 0 aromatic heterocycles. The minimum absolute atomic E-state index is 0.0533. The van der Waals surface area contributed by atoms with Gasteiger partial charge in [-0.15, -0.1) is 0 Å². The summed E-state index contributed by atoms with van der Waals surface area (Å²) in [4.78, 5) is 12.0. The lowest BCUT2D eigenvalue weighted by atomic mass is 9.96. The summed E-state index contributed by atoms with van der Waals surface area (Å²) in [6.07, 6.45) is -0.798. The van der Waals surface area contributed by atoms with Crippen LogP contribution in [-0.4, -0.2) is 17.0 Å². The Morgan fingerprint density at radius 2 is 1.42 bits per heavy atom. The standard InChI is InChI=1S/C17H16O2/c1-13(14-8-4-2-5-9-14)16(18)12-17(19)15-10-6-3-7-11-15/h2-11,16,18H,1,12H2. The summed E-state index contributed by atoms with van der Waals surface area (Å²) in [5, 5.41) is 10.1. The Labute approximate surface area is 113 Å². The maximum atomic E-state index is 12.0. The molecule has 0 spiro atoms. The highest BCUT2D eigenvalue weighted by atomic mass is 16.3. The average molecular weight is 252 g/mol. The molecule has 1 atom stereocenters. The number of carbonyl (C=O) groups excluding carboxylic acids is 1. The second kappa shape index (κ2) is 6.12. The molecule has 0 aliphatic carbocycles. The quantitative estimate of drug-likeness (QED) is 0.829. The molecule has 0 aliphatic rings. The fourth-order valence-corrected chi connectivity index (χ4v) is 1.89. The maximum absolute atomic E-state index is 12.0. The van der Waals surface area contributed by atoms with Crippen molar-refractivity contribution in [3.05, 3.63) is 78.4 Å². The van der Waals surface area contributed by atoms with E-state index < -0.39 is 6.10 Å². The fraction of sp³-hybridized carbons (Fsp3) is 0.118. The predicted octanol–water partition coefficient (Wildman–Crippen LogP) is 3.33. The molecule has 0 bridgehead atoms. The molecular formula is C17H16O2. The van der Waals surface area contributed by atoms with E-state index in [4.69, 9.17) is 0 Å². The van der Waals surface area contributed by atoms with Crippen LogP contribution in [0.5, 0.6) is 0 Å². The molecule has 2 heteroatoms. The lowest BCUT2D eigenvalue weighted by molar-refractivity contribution is 0.0928. The van der Waals surface area contributed by atoms with E-state index in [1.54, 1.807) is 12.1 Å². The zero-order valence-electron chi connectivity index (χ0n) is 10.6. The van der Waals surface area contributed by atoms with Crippen LogP contribution in [0.25, 0.3) is 5.57 Å². The number of hydrogen-bond donors (Lipinski definition) is 1. The first kappa shape index (κ1) is 13.2. The van der Waals surface area contributed by atoms with Gasteiger partial charge in [-0.25, -0.2) is 0 Å². The summed E-state index contributed by atoms with van der Waals surface area (Å²) in [5.41, 5.74) is 2.04. The molecule has 2 nitrogen and oxygen atoms in total. The van der Waals surface area contributed by atoms with Crippen LogP contribution in [0, 0.1) is 0 Å². The summed E-state index contributed by atoms with van der Waals surface area (Å²) in [7, 11) is 0. The number of ketones is 1. The Morgan fingerprint density at radius 1 is 0.947 bits per heavy atom. The molecule has 19 heavy (non-hydrogen) atoms. The van der Waals surface area contributed by atoms with E-state index in [2.05, 4.69) is 6.58 Å². The van der Waals surface area contributed by atoms with E-state index in [9.17, 15) is 9.90 Å². The van der Waals surface area contributed by atoms with Gasteiger partial charge in [0, 0.05) is 12.0 Å². The summed E-state index contributed by atoms with van der Waals surface area (Å²) in [6.45, 7) is 3.87. The second-order valence-corrected chi connectivity index (χ2v) is 4.40. The van der Waals surface area contributed by atoms with Crippen molar-refractivity contribution in [2.75, 3.05) is 0 Å². The van der Waals surface area contributed by atoms with Crippen molar-refractivity contribution in [3.8, 4) is 0 Å². The SMILES string of the molecule is C=C(c1ccccc1)C(O)CC(=O)c1ccccc1. The number of aliphatic hydroxyl groups is 1. The third-order valence-electron chi connectivity index (χ3n) is 3.02. The normalized spacial score (nSPS) is 11.8. The van der Waals surface area contributed by atoms with Gasteiger partial charge in [0.2, 0.25) is 0 Å². The van der Waals surface area contributed by atoms with Crippen molar-refractivity contribution in [3.63, 3.8) is 0 Å². The Balaban J connectivity index is 2.04. The van der Waals surface area contributed by atoms with Crippen molar-refractivity contribution < 1.29 is 9.90 Å². The molecule has 2 aromatic carbocycles. The monoisotopic (exact) mass is 252 g/mol. The summed E-state index contributed by atoms with van der Waals surface area (Å²) in [6, 6.07) is 18.4. The van der Waals surface area contributed by atoms with Gasteiger partial charge in [0.05, 0.1) is 6.10 Å². The van der Waals surface area contributed by atoms with Crippen LogP contribution in [-0.2, 0) is 0 Å². The van der Waals surface area contributed by atoms with Gasteiger partial charge in [0.1, 0.15) is 0 Å². The number of hydrogen-bond acceptors (Lipinski definition) is 2. The summed E-state index contributed by atoms with van der Waals surface area (Å²) < 4.78 is 0. The molecule has 0 amide bonds. The molecule has 0 saturated heterocycles. The van der Waals surface area contributed by atoms with Crippen LogP contribution in [0.15, 0.2) is 67.2 Å². The van der Waals surface area contributed by atoms with Crippen molar-refractivity contribution in [1.29, 1.82) is 0 Å². The molecule has 1 unspecified atom stereocenters. The molecule has 96 valence electrons. The Hall–Kier alpha value is -2.19. The summed E-state index contributed by atoms with van der Waals surface area (Å²) >= 11 is 0. The molecule has 0 fully saturated rings. The van der Waals surface area contributed by atoms with Gasteiger partial charge in [-0.3, -0.25) is 4.79 Å². The lowest BCUT2D eigenvalue weighted by Gasteiger charge is -2.13. The lowest BCUT2D eigenvalue weighted by Crippen LogP contribution is -2.15. The summed E-state index contributed by atoms with van der Waals surface area (Å²) in [5.74, 6) is -0.0785. The van der Waals surface area contributed by atoms with Crippen LogP contribution >= 0.6 is 0 Å². The minimum Gasteiger partial charge on any atom is -0.388 e. The van der Waals surface area contributed by atoms with Gasteiger partial charge in [-0.2, -0.15) is 0 Å². The number of aliphatic hydroxyl groups excluding tert-OH is 1. The van der Waals surface area contributed by atoms with Crippen LogP contribution in [0.1, 0.15) is 22.3 Å². The topological polar surface area (TPSA) is 37.3 Å². The molecule has 0 radical (unpaired) electrons. The first-order valence-electron chi connectivity index (χ1n) is 6.19. The first-order chi connectivity index (χ1) is 9.18. The van der Waals surface area contributed by atoms with Gasteiger partial charge < -0.3 is 5.11 Å². The molecule has 2 aromatic rings. The van der Waals surface area contributed by atoms with Crippen LogP contribution in [0.2, 0.25) is 0 Å². The smallest absolute Gasteiger partial charge is 0.165 e. The number of carbonyl (C=O) groups is 1. The molecule has 0 heterocycles. The Morgan fingerprint density at radius 3 is 1.95 bits per heavy atom. The average Bonchev–Trinajstić information content (AvgIpc) is 2.48. The van der Waals surface area contributed by atoms with Crippen molar-refractivity contribution in [1.82, 2.24) is 0 Å². The van der Waals surface area contributed by atoms with Crippen molar-refractivity contribution in [2.24, 2.45) is 0 Å². The molecule has 2 rings (SSSR count). The highest BCUT2D eigenvalue weighted by molar-refractivity contribution is 5.97. The Kier molecular flexibility index (Phi) is 4.26. The van der Waals surface area contributed by atoms with E-state index in [-0.39, 0.29) is 12.2 Å². The highest BCUT2D eigenvalue weighted by Gasteiger charge is 2.16. The van der Waals surface area contributed by atoms with E-state index in [1.807, 2.05) is 48.5 Å². The number of Topliss-reactive ketones (excluding diaryl/α,β-unsaturated/α-hetero) is 1. The first-order valence-corrected chi connectivity index (χ1v) is 6.19. The molecule has 0 aliphatic heterocycles. The predicted molar refractivity (Wildman–Crippen MR) is 76.9 cm³/mol. The number of benzene rings is 2. The van der Waals surface area contributed by atoms with Crippen molar-refractivity contribution >= 4 is 11.4 Å². The molecule has 1 N–H and O–H groups in total. The maximum Gasteiger partial charge on any atom is 0.165 e. The zero-order valence-corrected chi connectivity index (χ0v) is 10.6. The van der Waals surface area contributed by atoms with E-state index in [0.717, 1.165) is 5.56 Å². The third kappa shape index (κ3) is 3.39. The number of rotatable bonds is 5. The van der Waals surface area contributed by atoms with Crippen molar-refractivity contribution in [2.45, 2.75) is 12.5 Å². The van der Waals surface area contributed by atoms with Gasteiger partial charge in [0.15, 0.2) is 5.78 Å². The zero-order chi connectivity index (χ0) is 13.7. The van der Waals surface area contributed by atoms with E-state index >= 15 is 0 Å². The fourth-order valence-electron chi connectivity index (χ4n) is 1.89. The van der Waals surface area contributed by atoms with E-state index in [1.165, 1.54) is 0 Å².